The first kappa shape index (κ1) is 14.7. The van der Waals surface area contributed by atoms with Gasteiger partial charge in [0.15, 0.2) is 0 Å². The fourth-order valence-electron chi connectivity index (χ4n) is 3.08. The summed E-state index contributed by atoms with van der Waals surface area (Å²) in [4.78, 5) is 6.61. The molecule has 1 saturated heterocycles. The van der Waals surface area contributed by atoms with E-state index in [1.807, 2.05) is 11.0 Å². The lowest BCUT2D eigenvalue weighted by molar-refractivity contribution is 0.173. The van der Waals surface area contributed by atoms with Crippen molar-refractivity contribution in [1.82, 2.24) is 19.7 Å². The van der Waals surface area contributed by atoms with Gasteiger partial charge in [-0.3, -0.25) is 0 Å². The lowest BCUT2D eigenvalue weighted by Gasteiger charge is -2.33. The summed E-state index contributed by atoms with van der Waals surface area (Å²) in [6.45, 7) is 5.72. The van der Waals surface area contributed by atoms with Crippen molar-refractivity contribution in [3.05, 3.63) is 47.0 Å². The molecule has 0 aliphatic carbocycles. The molecule has 5 heteroatoms. The fraction of sp³-hybridized carbons (Fsp3) is 0.500. The second-order valence-corrected chi connectivity index (χ2v) is 6.78. The third-order valence-electron chi connectivity index (χ3n) is 4.32. The van der Waals surface area contributed by atoms with Gasteiger partial charge in [-0.05, 0) is 36.5 Å². The summed E-state index contributed by atoms with van der Waals surface area (Å²) in [6, 6.07) is 9.17. The molecular weight excluding hydrogens is 328 g/mol. The minimum absolute atomic E-state index is 0.518. The Kier molecular flexibility index (Phi) is 4.70. The van der Waals surface area contributed by atoms with Gasteiger partial charge in [-0.2, -0.15) is 5.10 Å². The zero-order valence-corrected chi connectivity index (χ0v) is 13.9. The van der Waals surface area contributed by atoms with Gasteiger partial charge >= 0.3 is 0 Å². The van der Waals surface area contributed by atoms with Gasteiger partial charge in [-0.25, -0.2) is 9.67 Å². The van der Waals surface area contributed by atoms with E-state index in [2.05, 4.69) is 62.1 Å². The van der Waals surface area contributed by atoms with E-state index >= 15 is 0 Å². The van der Waals surface area contributed by atoms with E-state index in [9.17, 15) is 0 Å². The summed E-state index contributed by atoms with van der Waals surface area (Å²) in [5.74, 6) is 0.561. The van der Waals surface area contributed by atoms with E-state index in [0.717, 1.165) is 36.9 Å². The fourth-order valence-corrected chi connectivity index (χ4v) is 3.50. The molecule has 1 aliphatic rings. The van der Waals surface area contributed by atoms with E-state index in [-0.39, 0.29) is 0 Å². The average molecular weight is 349 g/mol. The zero-order valence-electron chi connectivity index (χ0n) is 12.3. The third kappa shape index (κ3) is 3.71. The van der Waals surface area contributed by atoms with Crippen molar-refractivity contribution in [3.63, 3.8) is 0 Å². The summed E-state index contributed by atoms with van der Waals surface area (Å²) < 4.78 is 3.17. The molecule has 0 bridgehead atoms. The van der Waals surface area contributed by atoms with Gasteiger partial charge in [0.05, 0.1) is 6.04 Å². The SMILES string of the molecule is C[C@@H](CN1CCC(n2cncn2)CC1)c1cccc(Br)c1. The predicted molar refractivity (Wildman–Crippen MR) is 87.3 cm³/mol. The smallest absolute Gasteiger partial charge is 0.137 e. The summed E-state index contributed by atoms with van der Waals surface area (Å²) in [6.07, 6.45) is 5.79. The standard InChI is InChI=1S/C16H21BrN4/c1-13(14-3-2-4-15(17)9-14)10-20-7-5-16(6-8-20)21-12-18-11-19-21/h2-4,9,11-13,16H,5-8,10H2,1H3/t13-/m0/s1. The topological polar surface area (TPSA) is 34.0 Å². The average Bonchev–Trinajstić information content (AvgIpc) is 3.02. The van der Waals surface area contributed by atoms with Crippen molar-refractivity contribution in [2.24, 2.45) is 0 Å². The first-order valence-corrected chi connectivity index (χ1v) is 8.33. The molecule has 0 unspecified atom stereocenters. The number of hydrogen-bond acceptors (Lipinski definition) is 3. The second-order valence-electron chi connectivity index (χ2n) is 5.86. The van der Waals surface area contributed by atoms with Crippen LogP contribution in [0.4, 0.5) is 0 Å². The van der Waals surface area contributed by atoms with Gasteiger partial charge in [0.2, 0.25) is 0 Å². The highest BCUT2D eigenvalue weighted by atomic mass is 79.9. The van der Waals surface area contributed by atoms with Crippen molar-refractivity contribution in [2.45, 2.75) is 31.7 Å². The number of piperidine rings is 1. The molecule has 1 atom stereocenters. The molecule has 1 aromatic carbocycles. The van der Waals surface area contributed by atoms with Gasteiger partial charge in [-0.1, -0.05) is 35.0 Å². The predicted octanol–water partition coefficient (Wildman–Crippen LogP) is 3.48. The lowest BCUT2D eigenvalue weighted by atomic mass is 9.98. The molecule has 1 fully saturated rings. The Morgan fingerprint density at radius 3 is 2.81 bits per heavy atom. The van der Waals surface area contributed by atoms with Gasteiger partial charge < -0.3 is 4.90 Å². The Balaban J connectivity index is 1.53. The van der Waals surface area contributed by atoms with Crippen LogP contribution in [0.2, 0.25) is 0 Å². The molecule has 0 saturated carbocycles. The molecule has 2 heterocycles. The normalized spacial score (nSPS) is 18.8. The summed E-state index contributed by atoms with van der Waals surface area (Å²) in [7, 11) is 0. The molecule has 112 valence electrons. The summed E-state index contributed by atoms with van der Waals surface area (Å²) >= 11 is 3.56. The van der Waals surface area contributed by atoms with E-state index in [1.54, 1.807) is 6.33 Å². The highest BCUT2D eigenvalue weighted by molar-refractivity contribution is 9.10. The lowest BCUT2D eigenvalue weighted by Crippen LogP contribution is -2.37. The zero-order chi connectivity index (χ0) is 14.7. The van der Waals surface area contributed by atoms with E-state index in [0.29, 0.717) is 12.0 Å². The maximum absolute atomic E-state index is 4.26. The molecular formula is C16H21BrN4. The van der Waals surface area contributed by atoms with Crippen LogP contribution in [0.3, 0.4) is 0 Å². The molecule has 0 amide bonds. The van der Waals surface area contributed by atoms with Crippen LogP contribution in [-0.4, -0.2) is 39.3 Å². The van der Waals surface area contributed by atoms with Crippen molar-refractivity contribution in [1.29, 1.82) is 0 Å². The van der Waals surface area contributed by atoms with E-state index in [1.165, 1.54) is 5.56 Å². The van der Waals surface area contributed by atoms with E-state index < -0.39 is 0 Å². The number of aromatic nitrogens is 3. The Morgan fingerprint density at radius 2 is 2.14 bits per heavy atom. The number of rotatable bonds is 4. The quantitative estimate of drug-likeness (QED) is 0.848. The number of nitrogens with zero attached hydrogens (tertiary/aromatic N) is 4. The van der Waals surface area contributed by atoms with Crippen molar-refractivity contribution in [3.8, 4) is 0 Å². The number of benzene rings is 1. The third-order valence-corrected chi connectivity index (χ3v) is 4.81. The molecule has 0 radical (unpaired) electrons. The Hall–Kier alpha value is -1.20. The van der Waals surface area contributed by atoms with E-state index in [4.69, 9.17) is 0 Å². The first-order valence-electron chi connectivity index (χ1n) is 7.54. The van der Waals surface area contributed by atoms with Crippen LogP contribution in [0.1, 0.15) is 37.3 Å². The molecule has 21 heavy (non-hydrogen) atoms. The van der Waals surface area contributed by atoms with Crippen LogP contribution in [0.5, 0.6) is 0 Å². The Labute approximate surface area is 134 Å². The van der Waals surface area contributed by atoms with Crippen LogP contribution in [0.25, 0.3) is 0 Å². The number of halogens is 1. The van der Waals surface area contributed by atoms with Crippen LogP contribution in [0, 0.1) is 0 Å². The summed E-state index contributed by atoms with van der Waals surface area (Å²) in [5, 5.41) is 4.26. The molecule has 0 spiro atoms. The highest BCUT2D eigenvalue weighted by Gasteiger charge is 2.22. The maximum Gasteiger partial charge on any atom is 0.137 e. The maximum atomic E-state index is 4.26. The van der Waals surface area contributed by atoms with Crippen LogP contribution >= 0.6 is 15.9 Å². The Bertz CT molecular complexity index is 561. The minimum Gasteiger partial charge on any atom is -0.303 e. The van der Waals surface area contributed by atoms with Crippen molar-refractivity contribution < 1.29 is 0 Å². The van der Waals surface area contributed by atoms with Crippen molar-refractivity contribution in [2.75, 3.05) is 19.6 Å². The van der Waals surface area contributed by atoms with Gasteiger partial charge in [0.1, 0.15) is 12.7 Å². The van der Waals surface area contributed by atoms with Gasteiger partial charge in [-0.15, -0.1) is 0 Å². The van der Waals surface area contributed by atoms with Crippen LogP contribution < -0.4 is 0 Å². The number of hydrogen-bond donors (Lipinski definition) is 0. The molecule has 1 aromatic heterocycles. The minimum atomic E-state index is 0.518. The van der Waals surface area contributed by atoms with Crippen LogP contribution in [0.15, 0.2) is 41.4 Å². The second kappa shape index (κ2) is 6.71. The highest BCUT2D eigenvalue weighted by Crippen LogP contribution is 2.25. The molecule has 3 rings (SSSR count). The Morgan fingerprint density at radius 1 is 1.33 bits per heavy atom. The first-order chi connectivity index (χ1) is 10.2. The van der Waals surface area contributed by atoms with Gasteiger partial charge in [0, 0.05) is 24.1 Å². The van der Waals surface area contributed by atoms with Crippen molar-refractivity contribution >= 4 is 15.9 Å². The summed E-state index contributed by atoms with van der Waals surface area (Å²) in [5.41, 5.74) is 1.41. The van der Waals surface area contributed by atoms with Gasteiger partial charge in [0.25, 0.3) is 0 Å². The number of likely N-dealkylation sites (tertiary alicyclic amines) is 1. The van der Waals surface area contributed by atoms with Crippen LogP contribution in [-0.2, 0) is 0 Å². The molecule has 1 aliphatic heterocycles. The largest absolute Gasteiger partial charge is 0.303 e. The molecule has 4 nitrogen and oxygen atoms in total. The monoisotopic (exact) mass is 348 g/mol. The molecule has 0 N–H and O–H groups in total. The molecule has 2 aromatic rings.